The summed E-state index contributed by atoms with van der Waals surface area (Å²) in [4.78, 5) is 28.5. The molecule has 1 amide bonds. The Hall–Kier alpha value is -3.35. The number of amides is 1. The van der Waals surface area contributed by atoms with E-state index in [1.54, 1.807) is 49.4 Å². The summed E-state index contributed by atoms with van der Waals surface area (Å²) >= 11 is 0. The molecule has 2 N–H and O–H groups in total. The number of nitrogens with one attached hydrogen (secondary N) is 1. The molecule has 0 aliphatic rings. The fourth-order valence-electron chi connectivity index (χ4n) is 2.94. The van der Waals surface area contributed by atoms with Gasteiger partial charge in [-0.3, -0.25) is 9.59 Å². The van der Waals surface area contributed by atoms with Crippen molar-refractivity contribution in [1.82, 2.24) is 10.3 Å². The fraction of sp³-hybridized carbons (Fsp3) is 0.250. The van der Waals surface area contributed by atoms with Gasteiger partial charge in [0.1, 0.15) is 11.3 Å². The van der Waals surface area contributed by atoms with Crippen LogP contribution in [0.4, 0.5) is 0 Å². The van der Waals surface area contributed by atoms with Crippen LogP contribution in [-0.4, -0.2) is 29.1 Å². The molecular formula is C20H20N2O5. The second kappa shape index (κ2) is 7.11. The number of methoxy groups -OCH3 is 1. The minimum atomic E-state index is -1.15. The standard InChI is InChI=1S/C20H20N2O5/c1-12-7-8-16-15(21-12)10-17(27-16)19(25)22-20(2,11-18(23)24)13-5-4-6-14(9-13)26-3/h4-10H,11H2,1-3H3,(H,22,25)(H,23,24). The number of pyridine rings is 1. The first-order valence-electron chi connectivity index (χ1n) is 8.37. The van der Waals surface area contributed by atoms with Gasteiger partial charge >= 0.3 is 5.97 Å². The Kier molecular flexibility index (Phi) is 4.85. The average molecular weight is 368 g/mol. The number of hydrogen-bond donors (Lipinski definition) is 2. The maximum absolute atomic E-state index is 12.8. The molecule has 140 valence electrons. The van der Waals surface area contributed by atoms with Crippen molar-refractivity contribution in [2.24, 2.45) is 0 Å². The van der Waals surface area contributed by atoms with Crippen LogP contribution >= 0.6 is 0 Å². The molecule has 0 spiro atoms. The summed E-state index contributed by atoms with van der Waals surface area (Å²) < 4.78 is 10.8. The topological polar surface area (TPSA) is 102 Å². The molecule has 2 aromatic heterocycles. The molecule has 1 unspecified atom stereocenters. The average Bonchev–Trinajstić information content (AvgIpc) is 3.04. The van der Waals surface area contributed by atoms with E-state index in [1.165, 1.54) is 7.11 Å². The number of aryl methyl sites for hydroxylation is 1. The highest BCUT2D eigenvalue weighted by Gasteiger charge is 2.33. The van der Waals surface area contributed by atoms with Gasteiger partial charge in [0.25, 0.3) is 5.91 Å². The zero-order valence-corrected chi connectivity index (χ0v) is 15.3. The molecule has 3 rings (SSSR count). The van der Waals surface area contributed by atoms with Crippen LogP contribution in [0.5, 0.6) is 5.75 Å². The van der Waals surface area contributed by atoms with E-state index in [0.29, 0.717) is 22.4 Å². The van der Waals surface area contributed by atoms with Crippen molar-refractivity contribution in [2.45, 2.75) is 25.8 Å². The maximum Gasteiger partial charge on any atom is 0.306 e. The molecule has 3 aromatic rings. The summed E-state index contributed by atoms with van der Waals surface area (Å²) in [5.74, 6) is -0.913. The summed E-state index contributed by atoms with van der Waals surface area (Å²) in [6, 6.07) is 12.0. The monoisotopic (exact) mass is 368 g/mol. The predicted octanol–water partition coefficient (Wildman–Crippen LogP) is 3.26. The van der Waals surface area contributed by atoms with Crippen molar-refractivity contribution in [1.29, 1.82) is 0 Å². The second-order valence-corrected chi connectivity index (χ2v) is 6.54. The van der Waals surface area contributed by atoms with Gasteiger partial charge in [-0.1, -0.05) is 12.1 Å². The minimum absolute atomic E-state index is 0.0719. The van der Waals surface area contributed by atoms with Crippen LogP contribution < -0.4 is 10.1 Å². The van der Waals surface area contributed by atoms with Crippen LogP contribution in [0, 0.1) is 6.92 Å². The molecule has 0 saturated heterocycles. The van der Waals surface area contributed by atoms with E-state index in [2.05, 4.69) is 10.3 Å². The molecular weight excluding hydrogens is 348 g/mol. The number of carboxylic acid groups (broad SMARTS) is 1. The van der Waals surface area contributed by atoms with Gasteiger partial charge in [-0.15, -0.1) is 0 Å². The fourth-order valence-corrected chi connectivity index (χ4v) is 2.94. The summed E-state index contributed by atoms with van der Waals surface area (Å²) in [6.45, 7) is 3.50. The first kappa shape index (κ1) is 18.4. The van der Waals surface area contributed by atoms with Crippen molar-refractivity contribution in [3.8, 4) is 5.75 Å². The van der Waals surface area contributed by atoms with Gasteiger partial charge in [-0.25, -0.2) is 4.98 Å². The number of benzene rings is 1. The SMILES string of the molecule is COc1cccc(C(C)(CC(=O)O)NC(=O)c2cc3nc(C)ccc3o2)c1. The number of carbonyl (C=O) groups excluding carboxylic acids is 1. The molecule has 7 nitrogen and oxygen atoms in total. The van der Waals surface area contributed by atoms with E-state index in [-0.39, 0.29) is 12.2 Å². The number of furan rings is 1. The number of rotatable bonds is 6. The molecule has 0 fully saturated rings. The Bertz CT molecular complexity index is 1010. The van der Waals surface area contributed by atoms with Gasteiger partial charge in [0.2, 0.25) is 0 Å². The van der Waals surface area contributed by atoms with Crippen molar-refractivity contribution in [2.75, 3.05) is 7.11 Å². The lowest BCUT2D eigenvalue weighted by atomic mass is 9.88. The third kappa shape index (κ3) is 3.92. The van der Waals surface area contributed by atoms with E-state index in [0.717, 1.165) is 5.69 Å². The third-order valence-corrected chi connectivity index (χ3v) is 4.34. The molecule has 0 aliphatic heterocycles. The van der Waals surface area contributed by atoms with Crippen LogP contribution in [0.2, 0.25) is 0 Å². The Balaban J connectivity index is 1.94. The van der Waals surface area contributed by atoms with Crippen LogP contribution in [-0.2, 0) is 10.3 Å². The molecule has 1 atom stereocenters. The van der Waals surface area contributed by atoms with Gasteiger partial charge in [0.15, 0.2) is 11.3 Å². The smallest absolute Gasteiger partial charge is 0.306 e. The number of hydrogen-bond acceptors (Lipinski definition) is 5. The lowest BCUT2D eigenvalue weighted by molar-refractivity contribution is -0.138. The quantitative estimate of drug-likeness (QED) is 0.692. The molecule has 0 aliphatic carbocycles. The first-order valence-corrected chi connectivity index (χ1v) is 8.37. The summed E-state index contributed by atoms with van der Waals surface area (Å²) in [5.41, 5.74) is 1.33. The van der Waals surface area contributed by atoms with Gasteiger partial charge in [0, 0.05) is 11.8 Å². The number of carboxylic acids is 1. The normalized spacial score (nSPS) is 13.1. The molecule has 0 bridgehead atoms. The van der Waals surface area contributed by atoms with E-state index < -0.39 is 17.4 Å². The Morgan fingerprint density at radius 3 is 2.74 bits per heavy atom. The van der Waals surface area contributed by atoms with Crippen molar-refractivity contribution in [3.63, 3.8) is 0 Å². The molecule has 1 aromatic carbocycles. The maximum atomic E-state index is 12.8. The van der Waals surface area contributed by atoms with Crippen molar-refractivity contribution < 1.29 is 23.8 Å². The number of aromatic nitrogens is 1. The summed E-state index contributed by atoms with van der Waals surface area (Å²) in [7, 11) is 1.52. The number of carbonyl (C=O) groups is 2. The van der Waals surface area contributed by atoms with Gasteiger partial charge < -0.3 is 19.6 Å². The zero-order chi connectivity index (χ0) is 19.6. The van der Waals surface area contributed by atoms with Crippen molar-refractivity contribution >= 4 is 23.0 Å². The van der Waals surface area contributed by atoms with Crippen LogP contribution in [0.3, 0.4) is 0 Å². The lowest BCUT2D eigenvalue weighted by Crippen LogP contribution is -2.45. The highest BCUT2D eigenvalue weighted by molar-refractivity contribution is 5.96. The van der Waals surface area contributed by atoms with Crippen LogP contribution in [0.15, 0.2) is 46.9 Å². The van der Waals surface area contributed by atoms with E-state index in [4.69, 9.17) is 9.15 Å². The highest BCUT2D eigenvalue weighted by atomic mass is 16.5. The van der Waals surface area contributed by atoms with Crippen molar-refractivity contribution in [3.05, 3.63) is 59.5 Å². The molecule has 0 radical (unpaired) electrons. The van der Waals surface area contributed by atoms with E-state index in [1.807, 2.05) is 6.92 Å². The van der Waals surface area contributed by atoms with E-state index in [9.17, 15) is 14.7 Å². The second-order valence-electron chi connectivity index (χ2n) is 6.54. The number of nitrogens with zero attached hydrogens (tertiary/aromatic N) is 1. The van der Waals surface area contributed by atoms with Crippen LogP contribution in [0.25, 0.3) is 11.1 Å². The highest BCUT2D eigenvalue weighted by Crippen LogP contribution is 2.29. The third-order valence-electron chi connectivity index (χ3n) is 4.34. The molecule has 27 heavy (non-hydrogen) atoms. The van der Waals surface area contributed by atoms with Gasteiger partial charge in [-0.2, -0.15) is 0 Å². The summed E-state index contributed by atoms with van der Waals surface area (Å²) in [6.07, 6.45) is -0.302. The van der Waals surface area contributed by atoms with Gasteiger partial charge in [0.05, 0.1) is 19.1 Å². The predicted molar refractivity (Wildman–Crippen MR) is 98.8 cm³/mol. The Labute approximate surface area is 156 Å². The molecule has 7 heteroatoms. The number of fused-ring (bicyclic) bond motifs is 1. The number of ether oxygens (including phenoxy) is 1. The first-order chi connectivity index (χ1) is 12.8. The molecule has 2 heterocycles. The van der Waals surface area contributed by atoms with E-state index >= 15 is 0 Å². The minimum Gasteiger partial charge on any atom is -0.497 e. The Morgan fingerprint density at radius 2 is 2.04 bits per heavy atom. The number of aliphatic carboxylic acids is 1. The van der Waals surface area contributed by atoms with Crippen LogP contribution in [0.1, 0.15) is 35.2 Å². The lowest BCUT2D eigenvalue weighted by Gasteiger charge is -2.29. The Morgan fingerprint density at radius 1 is 1.26 bits per heavy atom. The van der Waals surface area contributed by atoms with Gasteiger partial charge in [-0.05, 0) is 43.7 Å². The molecule has 0 saturated carbocycles. The largest absolute Gasteiger partial charge is 0.497 e. The zero-order valence-electron chi connectivity index (χ0n) is 15.3. The summed E-state index contributed by atoms with van der Waals surface area (Å²) in [5, 5.41) is 12.1.